The van der Waals surface area contributed by atoms with E-state index in [1.165, 1.54) is 6.08 Å². The first-order chi connectivity index (χ1) is 3.81. The van der Waals surface area contributed by atoms with Crippen LogP contribution in [0.3, 0.4) is 0 Å². The fourth-order valence-corrected chi connectivity index (χ4v) is 0.426. The standard InChI is InChI=1S/C7H10O/c1-3-4-7(2)5-6-8/h3-6H,1-2H3/b4-3+,7-5-. The summed E-state index contributed by atoms with van der Waals surface area (Å²) < 4.78 is 0. The van der Waals surface area contributed by atoms with E-state index < -0.39 is 0 Å². The second-order valence-corrected chi connectivity index (χ2v) is 1.55. The number of hydrogen-bond donors (Lipinski definition) is 0. The Labute approximate surface area is 49.7 Å². The van der Waals surface area contributed by atoms with Crippen LogP contribution in [0.4, 0.5) is 0 Å². The Morgan fingerprint density at radius 3 is 2.50 bits per heavy atom. The summed E-state index contributed by atoms with van der Waals surface area (Å²) in [5, 5.41) is 0. The zero-order chi connectivity index (χ0) is 6.41. The maximum atomic E-state index is 9.78. The van der Waals surface area contributed by atoms with Gasteiger partial charge in [-0.1, -0.05) is 12.2 Å². The van der Waals surface area contributed by atoms with Crippen molar-refractivity contribution in [3.8, 4) is 0 Å². The quantitative estimate of drug-likeness (QED) is 0.300. The molecule has 0 saturated heterocycles. The van der Waals surface area contributed by atoms with Crippen LogP contribution in [-0.2, 0) is 4.79 Å². The van der Waals surface area contributed by atoms with Gasteiger partial charge in [0.2, 0.25) is 0 Å². The predicted octanol–water partition coefficient (Wildman–Crippen LogP) is 1.71. The van der Waals surface area contributed by atoms with Crippen molar-refractivity contribution in [1.82, 2.24) is 0 Å². The molecule has 0 spiro atoms. The largest absolute Gasteiger partial charge is 0.299 e. The molecule has 0 aromatic rings. The Morgan fingerprint density at radius 1 is 1.50 bits per heavy atom. The van der Waals surface area contributed by atoms with E-state index in [0.717, 1.165) is 11.9 Å². The minimum Gasteiger partial charge on any atom is -0.299 e. The molecule has 0 rings (SSSR count). The molecule has 44 valence electrons. The third kappa shape index (κ3) is 3.34. The van der Waals surface area contributed by atoms with E-state index in [9.17, 15) is 4.79 Å². The van der Waals surface area contributed by atoms with Gasteiger partial charge in [-0.3, -0.25) is 4.79 Å². The van der Waals surface area contributed by atoms with Gasteiger partial charge in [0.1, 0.15) is 6.29 Å². The van der Waals surface area contributed by atoms with Crippen LogP contribution in [0.2, 0.25) is 0 Å². The molecule has 0 fully saturated rings. The van der Waals surface area contributed by atoms with E-state index >= 15 is 0 Å². The average molecular weight is 110 g/mol. The molecular weight excluding hydrogens is 100 g/mol. The van der Waals surface area contributed by atoms with Crippen LogP contribution in [0.1, 0.15) is 13.8 Å². The Bertz CT molecular complexity index is 120. The average Bonchev–Trinajstić information content (AvgIpc) is 1.68. The smallest absolute Gasteiger partial charge is 0.143 e. The van der Waals surface area contributed by atoms with Gasteiger partial charge in [-0.25, -0.2) is 0 Å². The number of rotatable bonds is 2. The fraction of sp³-hybridized carbons (Fsp3) is 0.286. The van der Waals surface area contributed by atoms with Crippen molar-refractivity contribution in [1.29, 1.82) is 0 Å². The highest BCUT2D eigenvalue weighted by atomic mass is 16.1. The molecule has 0 amide bonds. The highest BCUT2D eigenvalue weighted by Crippen LogP contribution is 1.90. The van der Waals surface area contributed by atoms with Crippen LogP contribution < -0.4 is 0 Å². The molecule has 8 heavy (non-hydrogen) atoms. The van der Waals surface area contributed by atoms with Gasteiger partial charge in [-0.05, 0) is 25.5 Å². The molecule has 0 aromatic heterocycles. The number of hydrogen-bond acceptors (Lipinski definition) is 1. The van der Waals surface area contributed by atoms with Crippen LogP contribution in [0.25, 0.3) is 0 Å². The highest BCUT2D eigenvalue weighted by Gasteiger charge is 1.73. The van der Waals surface area contributed by atoms with Gasteiger partial charge in [-0.15, -0.1) is 0 Å². The molecule has 1 nitrogen and oxygen atoms in total. The zero-order valence-corrected chi connectivity index (χ0v) is 5.22. The summed E-state index contributed by atoms with van der Waals surface area (Å²) in [7, 11) is 0. The van der Waals surface area contributed by atoms with Crippen molar-refractivity contribution in [2.45, 2.75) is 13.8 Å². The lowest BCUT2D eigenvalue weighted by Gasteiger charge is -1.81. The Morgan fingerprint density at radius 2 is 2.12 bits per heavy atom. The molecule has 0 saturated carbocycles. The molecule has 0 heterocycles. The number of carbonyl (C=O) groups excluding carboxylic acids is 1. The van der Waals surface area contributed by atoms with E-state index in [-0.39, 0.29) is 0 Å². The first kappa shape index (κ1) is 7.15. The maximum absolute atomic E-state index is 9.78. The van der Waals surface area contributed by atoms with E-state index in [0.29, 0.717) is 0 Å². The topological polar surface area (TPSA) is 17.1 Å². The molecular formula is C7H10O. The minimum absolute atomic E-state index is 0.787. The molecule has 0 atom stereocenters. The van der Waals surface area contributed by atoms with Crippen molar-refractivity contribution in [3.05, 3.63) is 23.8 Å². The van der Waals surface area contributed by atoms with Gasteiger partial charge in [0.15, 0.2) is 0 Å². The molecule has 0 bridgehead atoms. The molecule has 0 N–H and O–H groups in total. The van der Waals surface area contributed by atoms with E-state index in [4.69, 9.17) is 0 Å². The van der Waals surface area contributed by atoms with Crippen LogP contribution in [-0.4, -0.2) is 6.29 Å². The van der Waals surface area contributed by atoms with Crippen LogP contribution >= 0.6 is 0 Å². The minimum atomic E-state index is 0.787. The lowest BCUT2D eigenvalue weighted by molar-refractivity contribution is -0.104. The summed E-state index contributed by atoms with van der Waals surface area (Å²) in [5.41, 5.74) is 0.988. The lowest BCUT2D eigenvalue weighted by atomic mass is 10.3. The normalized spacial score (nSPS) is 12.5. The molecule has 1 heteroatoms. The molecule has 0 unspecified atom stereocenters. The highest BCUT2D eigenvalue weighted by molar-refractivity contribution is 5.66. The van der Waals surface area contributed by atoms with Crippen LogP contribution in [0.15, 0.2) is 23.8 Å². The fourth-order valence-electron chi connectivity index (χ4n) is 0.426. The summed E-state index contributed by atoms with van der Waals surface area (Å²) in [4.78, 5) is 9.78. The van der Waals surface area contributed by atoms with Gasteiger partial charge in [0, 0.05) is 0 Å². The van der Waals surface area contributed by atoms with Gasteiger partial charge in [0.25, 0.3) is 0 Å². The van der Waals surface area contributed by atoms with Crippen molar-refractivity contribution in [2.75, 3.05) is 0 Å². The first-order valence-corrected chi connectivity index (χ1v) is 2.56. The maximum Gasteiger partial charge on any atom is 0.143 e. The SMILES string of the molecule is C/C=C/C(C)=C\C=O. The first-order valence-electron chi connectivity index (χ1n) is 2.56. The molecule has 0 radical (unpaired) electrons. The number of carbonyl (C=O) groups is 1. The summed E-state index contributed by atoms with van der Waals surface area (Å²) in [6.45, 7) is 3.80. The van der Waals surface area contributed by atoms with Crippen LogP contribution in [0.5, 0.6) is 0 Å². The Balaban J connectivity index is 3.79. The van der Waals surface area contributed by atoms with Crippen molar-refractivity contribution >= 4 is 6.29 Å². The summed E-state index contributed by atoms with van der Waals surface area (Å²) in [5.74, 6) is 0. The number of aldehydes is 1. The van der Waals surface area contributed by atoms with Crippen LogP contribution in [0, 0.1) is 0 Å². The second kappa shape index (κ2) is 4.31. The van der Waals surface area contributed by atoms with Gasteiger partial charge >= 0.3 is 0 Å². The van der Waals surface area contributed by atoms with Crippen molar-refractivity contribution in [2.24, 2.45) is 0 Å². The number of allylic oxidation sites excluding steroid dienone is 4. The third-order valence-electron chi connectivity index (χ3n) is 0.760. The zero-order valence-electron chi connectivity index (χ0n) is 5.22. The predicted molar refractivity (Wildman–Crippen MR) is 34.6 cm³/mol. The lowest BCUT2D eigenvalue weighted by Crippen LogP contribution is -1.67. The van der Waals surface area contributed by atoms with Gasteiger partial charge in [-0.2, -0.15) is 0 Å². The van der Waals surface area contributed by atoms with E-state index in [1.54, 1.807) is 0 Å². The van der Waals surface area contributed by atoms with E-state index in [2.05, 4.69) is 0 Å². The second-order valence-electron chi connectivity index (χ2n) is 1.55. The molecule has 0 aromatic carbocycles. The summed E-state index contributed by atoms with van der Waals surface area (Å²) >= 11 is 0. The van der Waals surface area contributed by atoms with Crippen molar-refractivity contribution in [3.63, 3.8) is 0 Å². The monoisotopic (exact) mass is 110 g/mol. The summed E-state index contributed by atoms with van der Waals surface area (Å²) in [6, 6.07) is 0. The molecule has 0 aliphatic carbocycles. The van der Waals surface area contributed by atoms with Gasteiger partial charge < -0.3 is 0 Å². The molecule has 0 aliphatic rings. The Hall–Kier alpha value is -0.850. The Kier molecular flexibility index (Phi) is 3.85. The van der Waals surface area contributed by atoms with E-state index in [1.807, 2.05) is 26.0 Å². The summed E-state index contributed by atoms with van der Waals surface area (Å²) in [6.07, 6.45) is 6.10. The third-order valence-corrected chi connectivity index (χ3v) is 0.760. The van der Waals surface area contributed by atoms with Crippen molar-refractivity contribution < 1.29 is 4.79 Å². The molecule has 0 aliphatic heterocycles. The van der Waals surface area contributed by atoms with Gasteiger partial charge in [0.05, 0.1) is 0 Å².